The number of ether oxygens (including phenoxy) is 1. The quantitative estimate of drug-likeness (QED) is 0.714. The average molecular weight is 417 g/mol. The molecule has 0 amide bonds. The van der Waals surface area contributed by atoms with Crippen LogP contribution in [0.4, 0.5) is 0 Å². The summed E-state index contributed by atoms with van der Waals surface area (Å²) in [5.74, 6) is -0.483. The smallest absolute Gasteiger partial charge is 0.183 e. The minimum Gasteiger partial charge on any atom is -0.379 e. The van der Waals surface area contributed by atoms with Crippen molar-refractivity contribution in [2.24, 2.45) is 0 Å². The summed E-state index contributed by atoms with van der Waals surface area (Å²) < 4.78 is 55.9. The number of sulfone groups is 2. The zero-order valence-corrected chi connectivity index (χ0v) is 17.4. The zero-order chi connectivity index (χ0) is 19.7. The minimum absolute atomic E-state index is 0.150. The van der Waals surface area contributed by atoms with Crippen LogP contribution in [0.5, 0.6) is 0 Å². The predicted octanol–water partition coefficient (Wildman–Crippen LogP) is 0.326. The molecule has 7 nitrogen and oxygen atoms in total. The Hall–Kier alpha value is -1.00. The van der Waals surface area contributed by atoms with E-state index in [9.17, 15) is 16.8 Å². The van der Waals surface area contributed by atoms with Gasteiger partial charge in [-0.2, -0.15) is 0 Å². The number of morpholine rings is 1. The van der Waals surface area contributed by atoms with Gasteiger partial charge in [-0.15, -0.1) is 0 Å². The van der Waals surface area contributed by atoms with Crippen molar-refractivity contribution in [2.75, 3.05) is 44.4 Å². The second-order valence-corrected chi connectivity index (χ2v) is 12.2. The molecule has 0 radical (unpaired) electrons. The van der Waals surface area contributed by atoms with Crippen LogP contribution in [0.3, 0.4) is 0 Å². The molecule has 0 bridgehead atoms. The van der Waals surface area contributed by atoms with E-state index in [1.807, 2.05) is 0 Å². The molecule has 0 unspecified atom stereocenters. The van der Waals surface area contributed by atoms with Crippen LogP contribution in [-0.2, 0) is 24.4 Å². The van der Waals surface area contributed by atoms with E-state index >= 15 is 0 Å². The minimum atomic E-state index is -3.73. The first-order chi connectivity index (χ1) is 12.6. The van der Waals surface area contributed by atoms with E-state index in [1.54, 1.807) is 18.2 Å². The molecule has 0 saturated carbocycles. The summed E-state index contributed by atoms with van der Waals surface area (Å²) in [6.07, 6.45) is 0. The molecule has 152 valence electrons. The maximum absolute atomic E-state index is 13.0. The van der Waals surface area contributed by atoms with Gasteiger partial charge in [0.2, 0.25) is 0 Å². The highest BCUT2D eigenvalue weighted by Crippen LogP contribution is 2.26. The molecule has 0 spiro atoms. The fourth-order valence-corrected chi connectivity index (χ4v) is 8.50. The number of benzene rings is 1. The standard InChI is InChI=1S/C18H28N2O5S2/c1-18(2,20-8-10-25-11-9-20)14-19-16-12-26(21,22)13-17(16)27(23,24)15-6-4-3-5-7-15/h3-7,16-17,19H,8-14H2,1-2H3/t16-,17-/m0/s1. The van der Waals surface area contributed by atoms with Crippen LogP contribution in [0.25, 0.3) is 0 Å². The van der Waals surface area contributed by atoms with Crippen molar-refractivity contribution >= 4 is 19.7 Å². The molecule has 9 heteroatoms. The summed E-state index contributed by atoms with van der Waals surface area (Å²) in [5.41, 5.74) is -0.225. The third-order valence-corrected chi connectivity index (χ3v) is 9.60. The lowest BCUT2D eigenvalue weighted by molar-refractivity contribution is -0.0101. The maximum Gasteiger partial charge on any atom is 0.183 e. The molecule has 0 aromatic heterocycles. The van der Waals surface area contributed by atoms with Gasteiger partial charge in [-0.3, -0.25) is 4.90 Å². The monoisotopic (exact) mass is 416 g/mol. The molecule has 1 N–H and O–H groups in total. The van der Waals surface area contributed by atoms with Crippen LogP contribution in [0.15, 0.2) is 35.2 Å². The van der Waals surface area contributed by atoms with Crippen molar-refractivity contribution in [3.63, 3.8) is 0 Å². The van der Waals surface area contributed by atoms with E-state index in [2.05, 4.69) is 24.1 Å². The van der Waals surface area contributed by atoms with Crippen LogP contribution >= 0.6 is 0 Å². The number of nitrogens with zero attached hydrogens (tertiary/aromatic N) is 1. The Morgan fingerprint density at radius 2 is 1.78 bits per heavy atom. The molecule has 1 aromatic rings. The van der Waals surface area contributed by atoms with E-state index in [4.69, 9.17) is 4.74 Å². The third-order valence-electron chi connectivity index (χ3n) is 5.43. The summed E-state index contributed by atoms with van der Waals surface area (Å²) in [6, 6.07) is 7.48. The molecule has 27 heavy (non-hydrogen) atoms. The SMILES string of the molecule is CC(C)(CN[C@H]1CS(=O)(=O)C[C@@H]1S(=O)(=O)c1ccccc1)N1CCOCC1. The molecular weight excluding hydrogens is 388 g/mol. The number of hydrogen-bond acceptors (Lipinski definition) is 7. The molecule has 2 heterocycles. The van der Waals surface area contributed by atoms with Gasteiger partial charge in [-0.1, -0.05) is 18.2 Å². The van der Waals surface area contributed by atoms with Gasteiger partial charge in [0.05, 0.1) is 34.9 Å². The molecule has 0 aliphatic carbocycles. The van der Waals surface area contributed by atoms with Gasteiger partial charge in [0, 0.05) is 31.2 Å². The van der Waals surface area contributed by atoms with Crippen molar-refractivity contribution in [3.05, 3.63) is 30.3 Å². The van der Waals surface area contributed by atoms with Crippen molar-refractivity contribution in [3.8, 4) is 0 Å². The lowest BCUT2D eigenvalue weighted by Crippen LogP contribution is -2.57. The predicted molar refractivity (Wildman–Crippen MR) is 104 cm³/mol. The maximum atomic E-state index is 13.0. The molecule has 2 fully saturated rings. The largest absolute Gasteiger partial charge is 0.379 e. The summed E-state index contributed by atoms with van der Waals surface area (Å²) in [4.78, 5) is 2.46. The fourth-order valence-electron chi connectivity index (χ4n) is 3.76. The first kappa shape index (κ1) is 20.7. The molecule has 2 aliphatic heterocycles. The number of hydrogen-bond donors (Lipinski definition) is 1. The Balaban J connectivity index is 1.76. The van der Waals surface area contributed by atoms with Gasteiger partial charge in [0.15, 0.2) is 19.7 Å². The Morgan fingerprint density at radius 3 is 2.41 bits per heavy atom. The highest BCUT2D eigenvalue weighted by molar-refractivity contribution is 7.96. The van der Waals surface area contributed by atoms with Gasteiger partial charge in [-0.25, -0.2) is 16.8 Å². The number of nitrogens with one attached hydrogen (secondary N) is 1. The number of rotatable bonds is 6. The van der Waals surface area contributed by atoms with Gasteiger partial charge < -0.3 is 10.1 Å². The lowest BCUT2D eigenvalue weighted by atomic mass is 10.0. The van der Waals surface area contributed by atoms with Gasteiger partial charge in [0.1, 0.15) is 0 Å². The Kier molecular flexibility index (Phi) is 5.98. The topological polar surface area (TPSA) is 92.8 Å². The third kappa shape index (κ3) is 4.71. The second-order valence-electron chi connectivity index (χ2n) is 7.87. The molecule has 1 aromatic carbocycles. The van der Waals surface area contributed by atoms with Gasteiger partial charge in [0.25, 0.3) is 0 Å². The summed E-state index contributed by atoms with van der Waals surface area (Å²) in [7, 11) is -7.13. The van der Waals surface area contributed by atoms with Gasteiger partial charge >= 0.3 is 0 Å². The second kappa shape index (κ2) is 7.79. The van der Waals surface area contributed by atoms with Crippen LogP contribution in [-0.4, -0.2) is 82.9 Å². The molecule has 3 rings (SSSR count). The molecule has 2 aliphatic rings. The first-order valence-corrected chi connectivity index (χ1v) is 12.5. The zero-order valence-electron chi connectivity index (χ0n) is 15.8. The van der Waals surface area contributed by atoms with Crippen molar-refractivity contribution < 1.29 is 21.6 Å². The summed E-state index contributed by atoms with van der Waals surface area (Å²) in [5, 5.41) is 2.29. The van der Waals surface area contributed by atoms with E-state index in [0.717, 1.165) is 13.1 Å². The van der Waals surface area contributed by atoms with E-state index in [-0.39, 0.29) is 21.9 Å². The fraction of sp³-hybridized carbons (Fsp3) is 0.667. The van der Waals surface area contributed by atoms with E-state index < -0.39 is 31.0 Å². The van der Waals surface area contributed by atoms with Crippen LogP contribution in [0.1, 0.15) is 13.8 Å². The highest BCUT2D eigenvalue weighted by Gasteiger charge is 2.46. The van der Waals surface area contributed by atoms with Crippen molar-refractivity contribution in [1.82, 2.24) is 10.2 Å². The molecule has 2 saturated heterocycles. The molecule has 2 atom stereocenters. The van der Waals surface area contributed by atoms with Crippen LogP contribution < -0.4 is 5.32 Å². The van der Waals surface area contributed by atoms with E-state index in [0.29, 0.717) is 19.8 Å². The Labute approximate surface area is 161 Å². The summed E-state index contributed by atoms with van der Waals surface area (Å²) in [6.45, 7) is 7.63. The van der Waals surface area contributed by atoms with Crippen molar-refractivity contribution in [2.45, 2.75) is 35.6 Å². The first-order valence-electron chi connectivity index (χ1n) is 9.17. The Morgan fingerprint density at radius 1 is 1.15 bits per heavy atom. The van der Waals surface area contributed by atoms with Crippen LogP contribution in [0.2, 0.25) is 0 Å². The summed E-state index contributed by atoms with van der Waals surface area (Å²) >= 11 is 0. The average Bonchev–Trinajstić information content (AvgIpc) is 2.97. The molecular formula is C18H28N2O5S2. The van der Waals surface area contributed by atoms with Crippen molar-refractivity contribution in [1.29, 1.82) is 0 Å². The van der Waals surface area contributed by atoms with E-state index in [1.165, 1.54) is 12.1 Å². The normalized spacial score (nSPS) is 26.9. The lowest BCUT2D eigenvalue weighted by Gasteiger charge is -2.41. The highest BCUT2D eigenvalue weighted by atomic mass is 32.2. The van der Waals surface area contributed by atoms with Gasteiger partial charge in [-0.05, 0) is 26.0 Å². The Bertz CT molecular complexity index is 847. The van der Waals surface area contributed by atoms with Crippen LogP contribution in [0, 0.1) is 0 Å².